The largest absolute Gasteiger partial charge is 0.424 e. The van der Waals surface area contributed by atoms with E-state index in [2.05, 4.69) is 20.9 Å². The van der Waals surface area contributed by atoms with Gasteiger partial charge in [-0.05, 0) is 17.7 Å². The minimum absolute atomic E-state index is 0.0370. The maximum Gasteiger partial charge on any atom is 0.324 e. The van der Waals surface area contributed by atoms with Crippen LogP contribution in [-0.4, -0.2) is 45.6 Å². The second-order valence-corrected chi connectivity index (χ2v) is 7.29. The Morgan fingerprint density at radius 1 is 1.18 bits per heavy atom. The highest BCUT2D eigenvalue weighted by Crippen LogP contribution is 2.20. The number of carbonyl (C=O) groups is 1. The van der Waals surface area contributed by atoms with E-state index in [0.29, 0.717) is 17.0 Å². The topological polar surface area (TPSA) is 177 Å². The smallest absolute Gasteiger partial charge is 0.324 e. The number of nitrogens with zero attached hydrogens (tertiary/aromatic N) is 4. The van der Waals surface area contributed by atoms with Gasteiger partial charge in [-0.25, -0.2) is 9.58 Å². The third kappa shape index (κ3) is 6.27. The van der Waals surface area contributed by atoms with Gasteiger partial charge in [-0.1, -0.05) is 35.4 Å². The summed E-state index contributed by atoms with van der Waals surface area (Å²) in [6.45, 7) is -0.127. The molecule has 0 aliphatic carbocycles. The van der Waals surface area contributed by atoms with Crippen molar-refractivity contribution in [1.82, 2.24) is 25.1 Å². The van der Waals surface area contributed by atoms with Crippen molar-refractivity contribution >= 4 is 23.2 Å². The fourth-order valence-corrected chi connectivity index (χ4v) is 2.79. The van der Waals surface area contributed by atoms with Crippen molar-refractivity contribution in [2.75, 3.05) is 25.3 Å². The van der Waals surface area contributed by atoms with Crippen LogP contribution in [0.1, 0.15) is 11.1 Å². The first-order valence-electron chi connectivity index (χ1n) is 9.88. The molecular weight excluding hydrogens is 426 g/mol. The third-order valence-electron chi connectivity index (χ3n) is 4.37. The van der Waals surface area contributed by atoms with E-state index >= 15 is 0 Å². The number of carbonyl (C=O) groups excluding carboxylic acids is 1. The average molecular weight is 451 g/mol. The molecule has 3 aromatic rings. The van der Waals surface area contributed by atoms with Gasteiger partial charge < -0.3 is 21.5 Å². The van der Waals surface area contributed by atoms with E-state index in [4.69, 9.17) is 21.6 Å². The molecule has 1 aromatic heterocycles. The summed E-state index contributed by atoms with van der Waals surface area (Å²) in [7, 11) is 3.37. The van der Waals surface area contributed by atoms with Crippen LogP contribution in [0, 0.1) is 5.41 Å². The number of ether oxygens (including phenoxy) is 1. The molecule has 2 aromatic carbocycles. The fourth-order valence-electron chi connectivity index (χ4n) is 2.79. The predicted octanol–water partition coefficient (Wildman–Crippen LogP) is 0.502. The number of amides is 1. The van der Waals surface area contributed by atoms with Crippen molar-refractivity contribution in [3.63, 3.8) is 0 Å². The van der Waals surface area contributed by atoms with Gasteiger partial charge in [0.15, 0.2) is 0 Å². The van der Waals surface area contributed by atoms with E-state index in [1.807, 2.05) is 0 Å². The van der Waals surface area contributed by atoms with Crippen molar-refractivity contribution in [2.24, 2.45) is 5.73 Å². The molecule has 0 spiro atoms. The van der Waals surface area contributed by atoms with Gasteiger partial charge in [-0.15, -0.1) is 5.10 Å². The molecule has 1 amide bonds. The number of aromatic nitrogens is 3. The van der Waals surface area contributed by atoms with Crippen LogP contribution >= 0.6 is 0 Å². The molecule has 3 rings (SSSR count). The number of benzene rings is 2. The summed E-state index contributed by atoms with van der Waals surface area (Å²) in [5, 5.41) is 19.5. The first-order valence-corrected chi connectivity index (χ1v) is 9.88. The second-order valence-electron chi connectivity index (χ2n) is 7.29. The molecule has 172 valence electrons. The molecule has 0 bridgehead atoms. The Labute approximate surface area is 189 Å². The number of hydrazine groups is 1. The molecular formula is C21H25N9O3. The van der Waals surface area contributed by atoms with Crippen LogP contribution in [0.15, 0.2) is 53.3 Å². The molecule has 1 heterocycles. The molecule has 12 nitrogen and oxygen atoms in total. The number of nitrogen functional groups attached to an aromatic ring is 2. The molecule has 0 saturated heterocycles. The van der Waals surface area contributed by atoms with Gasteiger partial charge >= 0.3 is 11.6 Å². The normalized spacial score (nSPS) is 10.6. The maximum atomic E-state index is 12.9. The van der Waals surface area contributed by atoms with Crippen molar-refractivity contribution < 1.29 is 9.53 Å². The Balaban J connectivity index is 1.80. The maximum absolute atomic E-state index is 12.9. The van der Waals surface area contributed by atoms with E-state index < -0.39 is 11.5 Å². The third-order valence-corrected chi connectivity index (χ3v) is 4.37. The second kappa shape index (κ2) is 10.2. The zero-order chi connectivity index (χ0) is 24.0. The van der Waals surface area contributed by atoms with Gasteiger partial charge in [0.2, 0.25) is 11.7 Å². The molecule has 0 aliphatic heterocycles. The van der Waals surface area contributed by atoms with E-state index in [9.17, 15) is 9.59 Å². The summed E-state index contributed by atoms with van der Waals surface area (Å²) < 4.78 is 6.77. The molecule has 12 heteroatoms. The van der Waals surface area contributed by atoms with Crippen LogP contribution in [0.4, 0.5) is 11.5 Å². The first kappa shape index (κ1) is 23.2. The quantitative estimate of drug-likeness (QED) is 0.134. The Morgan fingerprint density at radius 2 is 1.91 bits per heavy atom. The van der Waals surface area contributed by atoms with Crippen molar-refractivity contribution in [1.29, 1.82) is 5.41 Å². The van der Waals surface area contributed by atoms with Gasteiger partial charge in [0.1, 0.15) is 18.1 Å². The van der Waals surface area contributed by atoms with Crippen molar-refractivity contribution in [3.8, 4) is 11.8 Å². The Hall–Kier alpha value is -4.45. The van der Waals surface area contributed by atoms with Crippen molar-refractivity contribution in [3.05, 3.63) is 70.0 Å². The van der Waals surface area contributed by atoms with E-state index in [-0.39, 0.29) is 30.8 Å². The average Bonchev–Trinajstić information content (AvgIpc) is 2.77. The van der Waals surface area contributed by atoms with Gasteiger partial charge in [0.05, 0.1) is 0 Å². The van der Waals surface area contributed by atoms with Gasteiger partial charge in [-0.3, -0.25) is 20.4 Å². The summed E-state index contributed by atoms with van der Waals surface area (Å²) in [5.74, 6) is -0.191. The SMILES string of the molecule is CN(C)Nc1nnc(Oc2cccc(N)c2)n(CC(=O)NCc2ccc(C(=N)N)cc2)c1=O. The molecule has 0 aliphatic rings. The fraction of sp³-hybridized carbons (Fsp3) is 0.190. The molecule has 0 radical (unpaired) electrons. The minimum atomic E-state index is -0.585. The molecule has 7 N–H and O–H groups in total. The van der Waals surface area contributed by atoms with Crippen LogP contribution < -0.4 is 32.5 Å². The van der Waals surface area contributed by atoms with Crippen LogP contribution in [0.5, 0.6) is 11.8 Å². The van der Waals surface area contributed by atoms with Gasteiger partial charge in [0.25, 0.3) is 0 Å². The molecule has 0 atom stereocenters. The Kier molecular flexibility index (Phi) is 7.20. The van der Waals surface area contributed by atoms with E-state index in [1.165, 1.54) is 5.01 Å². The minimum Gasteiger partial charge on any atom is -0.424 e. The number of hydrogen-bond donors (Lipinski definition) is 5. The summed E-state index contributed by atoms with van der Waals surface area (Å²) in [6, 6.07) is 13.3. The summed E-state index contributed by atoms with van der Waals surface area (Å²) in [5.41, 5.74) is 15.3. The first-order chi connectivity index (χ1) is 15.7. The van der Waals surface area contributed by atoms with Gasteiger partial charge in [0, 0.05) is 38.0 Å². The number of amidine groups is 1. The highest BCUT2D eigenvalue weighted by atomic mass is 16.5. The van der Waals surface area contributed by atoms with E-state index in [1.54, 1.807) is 62.6 Å². The Bertz CT molecular complexity index is 1210. The van der Waals surface area contributed by atoms with Gasteiger partial charge in [-0.2, -0.15) is 0 Å². The van der Waals surface area contributed by atoms with Crippen molar-refractivity contribution in [2.45, 2.75) is 13.1 Å². The van der Waals surface area contributed by atoms with Crippen LogP contribution in [0.3, 0.4) is 0 Å². The lowest BCUT2D eigenvalue weighted by molar-refractivity contribution is -0.122. The zero-order valence-electron chi connectivity index (χ0n) is 18.2. The molecule has 0 fully saturated rings. The Morgan fingerprint density at radius 3 is 2.55 bits per heavy atom. The monoisotopic (exact) mass is 451 g/mol. The highest BCUT2D eigenvalue weighted by molar-refractivity contribution is 5.94. The van der Waals surface area contributed by atoms with Crippen LogP contribution in [0.25, 0.3) is 0 Å². The van der Waals surface area contributed by atoms with E-state index in [0.717, 1.165) is 10.1 Å². The number of nitrogens with two attached hydrogens (primary N) is 2. The summed E-state index contributed by atoms with van der Waals surface area (Å²) >= 11 is 0. The van der Waals surface area contributed by atoms with Crippen LogP contribution in [0.2, 0.25) is 0 Å². The number of rotatable bonds is 9. The lowest BCUT2D eigenvalue weighted by Gasteiger charge is -2.16. The standard InChI is InChI=1S/C21H25N9O3/c1-29(2)28-19-20(32)30(21(27-26-19)33-16-5-3-4-15(22)10-16)12-17(31)25-11-13-6-8-14(9-7-13)18(23)24/h3-10H,11-12,22H2,1-2H3,(H3,23,24)(H,25,31)(H,26,28). The highest BCUT2D eigenvalue weighted by Gasteiger charge is 2.17. The predicted molar refractivity (Wildman–Crippen MR) is 124 cm³/mol. The number of anilines is 2. The summed E-state index contributed by atoms with van der Waals surface area (Å²) in [4.78, 5) is 25.6. The molecule has 0 unspecified atom stereocenters. The lowest BCUT2D eigenvalue weighted by atomic mass is 10.1. The number of nitrogens with one attached hydrogen (secondary N) is 3. The lowest BCUT2D eigenvalue weighted by Crippen LogP contribution is -2.36. The summed E-state index contributed by atoms with van der Waals surface area (Å²) in [6.07, 6.45) is 0. The number of hydrogen-bond acceptors (Lipinski definition) is 9. The molecule has 33 heavy (non-hydrogen) atoms. The molecule has 0 saturated carbocycles. The van der Waals surface area contributed by atoms with Crippen LogP contribution in [-0.2, 0) is 17.9 Å². The zero-order valence-corrected chi connectivity index (χ0v) is 18.2.